The zero-order valence-corrected chi connectivity index (χ0v) is 20.2. The van der Waals surface area contributed by atoms with Crippen LogP contribution >= 0.6 is 11.6 Å². The van der Waals surface area contributed by atoms with Gasteiger partial charge >= 0.3 is 6.18 Å². The van der Waals surface area contributed by atoms with Crippen LogP contribution in [-0.2, 0) is 6.18 Å². The topological polar surface area (TPSA) is 38.9 Å². The Kier molecular flexibility index (Phi) is 6.14. The fourth-order valence-corrected chi connectivity index (χ4v) is 4.13. The Morgan fingerprint density at radius 3 is 1.89 bits per heavy atom. The van der Waals surface area contributed by atoms with Gasteiger partial charge in [-0.1, -0.05) is 71.3 Å². The van der Waals surface area contributed by atoms with Crippen LogP contribution in [0.3, 0.4) is 0 Å². The van der Waals surface area contributed by atoms with Crippen LogP contribution in [-0.4, -0.2) is 10.2 Å². The van der Waals surface area contributed by atoms with E-state index in [1.807, 2.05) is 68.4 Å². The Bertz CT molecular complexity index is 1540. The van der Waals surface area contributed by atoms with Crippen molar-refractivity contribution in [2.75, 3.05) is 0 Å². The molecule has 0 aliphatic carbocycles. The molecule has 2 heterocycles. The highest BCUT2D eigenvalue weighted by molar-refractivity contribution is 6.31. The van der Waals surface area contributed by atoms with Gasteiger partial charge in [0.2, 0.25) is 0 Å². The van der Waals surface area contributed by atoms with Crippen molar-refractivity contribution in [1.29, 1.82) is 0 Å². The molecule has 0 spiro atoms. The van der Waals surface area contributed by atoms with Crippen molar-refractivity contribution in [1.82, 2.24) is 10.2 Å². The van der Waals surface area contributed by atoms with Gasteiger partial charge in [-0.25, -0.2) is 0 Å². The van der Waals surface area contributed by atoms with E-state index in [0.29, 0.717) is 22.7 Å². The van der Waals surface area contributed by atoms with Crippen LogP contribution in [0.25, 0.3) is 45.2 Å². The van der Waals surface area contributed by atoms with Gasteiger partial charge in [-0.15, -0.1) is 10.2 Å². The van der Waals surface area contributed by atoms with Gasteiger partial charge in [0.05, 0.1) is 16.3 Å². The molecule has 0 radical (unpaired) electrons. The highest BCUT2D eigenvalue weighted by atomic mass is 35.5. The number of hydrogen-bond acceptors (Lipinski definition) is 3. The van der Waals surface area contributed by atoms with Crippen LogP contribution in [0.2, 0.25) is 5.02 Å². The average Bonchev–Trinajstić information content (AvgIpc) is 3.35. The summed E-state index contributed by atoms with van der Waals surface area (Å²) < 4.78 is 46.2. The average molecular weight is 505 g/mol. The van der Waals surface area contributed by atoms with Crippen LogP contribution in [0, 0.1) is 13.8 Å². The first kappa shape index (κ1) is 23.8. The molecule has 36 heavy (non-hydrogen) atoms. The Morgan fingerprint density at radius 1 is 0.667 bits per heavy atom. The molecule has 7 heteroatoms. The molecular formula is C29H20ClF3N2O. The number of hydrogen-bond donors (Lipinski definition) is 0. The number of nitrogens with zero attached hydrogens (tertiary/aromatic N) is 2. The first-order valence-corrected chi connectivity index (χ1v) is 11.6. The summed E-state index contributed by atoms with van der Waals surface area (Å²) in [4.78, 5) is 0. The molecule has 180 valence electrons. The maximum Gasteiger partial charge on any atom is 0.417 e. The third-order valence-corrected chi connectivity index (χ3v) is 6.22. The maximum absolute atomic E-state index is 13.4. The Hall–Kier alpha value is -3.90. The lowest BCUT2D eigenvalue weighted by molar-refractivity contribution is -0.137. The predicted molar refractivity (Wildman–Crippen MR) is 136 cm³/mol. The summed E-state index contributed by atoms with van der Waals surface area (Å²) in [7, 11) is 0. The Morgan fingerprint density at radius 2 is 1.25 bits per heavy atom. The van der Waals surface area contributed by atoms with Crippen molar-refractivity contribution in [3.63, 3.8) is 0 Å². The second-order valence-electron chi connectivity index (χ2n) is 8.58. The van der Waals surface area contributed by atoms with Crippen LogP contribution in [0.15, 0.2) is 89.3 Å². The molecule has 0 atom stereocenters. The number of aromatic nitrogens is 2. The third-order valence-electron chi connectivity index (χ3n) is 5.89. The molecule has 0 fully saturated rings. The number of benzene rings is 3. The summed E-state index contributed by atoms with van der Waals surface area (Å²) in [5, 5.41) is 8.60. The minimum atomic E-state index is -4.57. The van der Waals surface area contributed by atoms with Crippen molar-refractivity contribution in [3.8, 4) is 45.2 Å². The summed E-state index contributed by atoms with van der Waals surface area (Å²) >= 11 is 5.79. The van der Waals surface area contributed by atoms with Gasteiger partial charge in [-0.2, -0.15) is 13.2 Å². The van der Waals surface area contributed by atoms with E-state index in [-0.39, 0.29) is 16.3 Å². The fourth-order valence-electron chi connectivity index (χ4n) is 3.90. The molecule has 0 aliphatic rings. The number of furan rings is 1. The van der Waals surface area contributed by atoms with Gasteiger partial charge < -0.3 is 4.42 Å². The quantitative estimate of drug-likeness (QED) is 0.245. The minimum Gasteiger partial charge on any atom is -0.456 e. The normalized spacial score (nSPS) is 11.6. The molecule has 5 rings (SSSR count). The zero-order chi connectivity index (χ0) is 25.4. The van der Waals surface area contributed by atoms with Crippen molar-refractivity contribution >= 4 is 11.6 Å². The first-order chi connectivity index (χ1) is 17.2. The van der Waals surface area contributed by atoms with E-state index in [4.69, 9.17) is 16.0 Å². The molecular weight excluding hydrogens is 485 g/mol. The molecule has 0 bridgehead atoms. The molecule has 3 nitrogen and oxygen atoms in total. The van der Waals surface area contributed by atoms with Gasteiger partial charge in [0.15, 0.2) is 0 Å². The molecule has 0 aliphatic heterocycles. The summed E-state index contributed by atoms with van der Waals surface area (Å²) in [6.07, 6.45) is -4.57. The lowest BCUT2D eigenvalue weighted by atomic mass is 10.0. The summed E-state index contributed by atoms with van der Waals surface area (Å²) in [6.45, 7) is 4.00. The Balaban J connectivity index is 1.63. The van der Waals surface area contributed by atoms with Crippen molar-refractivity contribution in [2.45, 2.75) is 20.0 Å². The first-order valence-electron chi connectivity index (χ1n) is 11.2. The van der Waals surface area contributed by atoms with E-state index in [2.05, 4.69) is 10.2 Å². The van der Waals surface area contributed by atoms with Crippen LogP contribution in [0.5, 0.6) is 0 Å². The molecule has 2 aromatic heterocycles. The third kappa shape index (κ3) is 4.77. The molecule has 0 unspecified atom stereocenters. The second-order valence-corrected chi connectivity index (χ2v) is 8.99. The summed E-state index contributed by atoms with van der Waals surface area (Å²) in [5.41, 5.74) is 5.28. The lowest BCUT2D eigenvalue weighted by Gasteiger charge is -2.11. The number of rotatable bonds is 4. The van der Waals surface area contributed by atoms with Gasteiger partial charge in [-0.05, 0) is 50.2 Å². The molecule has 0 N–H and O–H groups in total. The molecule has 0 amide bonds. The number of alkyl halides is 3. The largest absolute Gasteiger partial charge is 0.456 e. The van der Waals surface area contributed by atoms with E-state index < -0.39 is 11.7 Å². The van der Waals surface area contributed by atoms with E-state index in [1.54, 1.807) is 12.1 Å². The SMILES string of the molecule is Cc1ccc(-c2cc(-c3ccc(-c4ccc(Cl)c(C(F)(F)F)c4)o3)c(-c3ccc(C)cc3)nn2)cc1. The van der Waals surface area contributed by atoms with E-state index in [1.165, 1.54) is 12.1 Å². The van der Waals surface area contributed by atoms with E-state index in [0.717, 1.165) is 28.3 Å². The van der Waals surface area contributed by atoms with Crippen LogP contribution in [0.1, 0.15) is 16.7 Å². The highest BCUT2D eigenvalue weighted by Crippen LogP contribution is 2.39. The van der Waals surface area contributed by atoms with Crippen LogP contribution < -0.4 is 0 Å². The fraction of sp³-hybridized carbons (Fsp3) is 0.103. The van der Waals surface area contributed by atoms with Gasteiger partial charge in [0.1, 0.15) is 17.2 Å². The van der Waals surface area contributed by atoms with Crippen LogP contribution in [0.4, 0.5) is 13.2 Å². The highest BCUT2D eigenvalue weighted by Gasteiger charge is 2.33. The van der Waals surface area contributed by atoms with E-state index >= 15 is 0 Å². The standard InChI is InChI=1S/C29H20ClF3N2O/c1-17-3-7-19(8-4-17)25-16-22(28(35-34-25)20-9-5-18(2)6-10-20)27-14-13-26(36-27)21-11-12-24(30)23(15-21)29(31,32)33/h3-16H,1-2H3. The number of aryl methyl sites for hydroxylation is 2. The number of halogens is 4. The van der Waals surface area contributed by atoms with Gasteiger partial charge in [0, 0.05) is 22.3 Å². The lowest BCUT2D eigenvalue weighted by Crippen LogP contribution is -2.05. The predicted octanol–water partition coefficient (Wildman–Crippen LogP) is 9.03. The Labute approximate surface area is 211 Å². The zero-order valence-electron chi connectivity index (χ0n) is 19.4. The summed E-state index contributed by atoms with van der Waals surface area (Å²) in [5.74, 6) is 0.753. The van der Waals surface area contributed by atoms with Crippen molar-refractivity contribution in [2.24, 2.45) is 0 Å². The molecule has 0 saturated heterocycles. The van der Waals surface area contributed by atoms with Gasteiger partial charge in [-0.3, -0.25) is 0 Å². The van der Waals surface area contributed by atoms with Gasteiger partial charge in [0.25, 0.3) is 0 Å². The molecule has 0 saturated carbocycles. The monoisotopic (exact) mass is 504 g/mol. The molecule has 5 aromatic rings. The van der Waals surface area contributed by atoms with Crippen molar-refractivity contribution < 1.29 is 17.6 Å². The summed E-state index contributed by atoms with van der Waals surface area (Å²) in [6, 6.07) is 24.8. The van der Waals surface area contributed by atoms with E-state index in [9.17, 15) is 13.2 Å². The molecule has 3 aromatic carbocycles. The smallest absolute Gasteiger partial charge is 0.417 e. The van der Waals surface area contributed by atoms with Crippen molar-refractivity contribution in [3.05, 3.63) is 107 Å². The second kappa shape index (κ2) is 9.28. The maximum atomic E-state index is 13.4. The minimum absolute atomic E-state index is 0.274.